The molecule has 2 N–H and O–H groups in total. The van der Waals surface area contributed by atoms with Crippen LogP contribution in [0.25, 0.3) is 0 Å². The highest BCUT2D eigenvalue weighted by atomic mass is 15.1. The lowest BCUT2D eigenvalue weighted by Crippen LogP contribution is -2.11. The summed E-state index contributed by atoms with van der Waals surface area (Å²) in [5, 5.41) is 0. The smallest absolute Gasteiger partial charge is 0.0190 e. The molecule has 0 aromatic heterocycles. The van der Waals surface area contributed by atoms with Crippen molar-refractivity contribution in [1.82, 2.24) is 4.90 Å². The molecule has 0 unspecified atom stereocenters. The fourth-order valence-electron chi connectivity index (χ4n) is 1.29. The number of likely N-dealkylation sites (N-methyl/N-ethyl adjacent to an activating group) is 1. The van der Waals surface area contributed by atoms with Crippen molar-refractivity contribution >= 4 is 0 Å². The molecule has 0 aromatic rings. The van der Waals surface area contributed by atoms with E-state index in [4.69, 9.17) is 5.73 Å². The molecule has 58 valence electrons. The standard InChI is InChI=1S/C8H16N2/c1-10-6-4-8(7-10)3-2-5-9/h3H,2,4-7,9H2,1H3. The molecule has 0 spiro atoms. The molecule has 0 radical (unpaired) electrons. The highest BCUT2D eigenvalue weighted by Crippen LogP contribution is 2.12. The Bertz CT molecular complexity index is 129. The molecule has 0 amide bonds. The second-order valence-corrected chi connectivity index (χ2v) is 2.93. The highest BCUT2D eigenvalue weighted by Gasteiger charge is 2.10. The fraction of sp³-hybridized carbons (Fsp3) is 0.750. The number of nitrogens with zero attached hydrogens (tertiary/aromatic N) is 1. The van der Waals surface area contributed by atoms with Gasteiger partial charge in [0.25, 0.3) is 0 Å². The number of nitrogens with two attached hydrogens (primary N) is 1. The SMILES string of the molecule is CN1CCC(=CCCN)C1. The predicted octanol–water partition coefficient (Wildman–Crippen LogP) is 0.597. The van der Waals surface area contributed by atoms with Gasteiger partial charge in [0.05, 0.1) is 0 Å². The number of hydrogen-bond acceptors (Lipinski definition) is 2. The van der Waals surface area contributed by atoms with E-state index >= 15 is 0 Å². The largest absolute Gasteiger partial charge is 0.330 e. The van der Waals surface area contributed by atoms with Gasteiger partial charge in [-0.3, -0.25) is 0 Å². The molecule has 2 nitrogen and oxygen atoms in total. The van der Waals surface area contributed by atoms with Crippen molar-refractivity contribution in [2.75, 3.05) is 26.7 Å². The third kappa shape index (κ3) is 2.12. The minimum Gasteiger partial charge on any atom is -0.330 e. The van der Waals surface area contributed by atoms with Crippen molar-refractivity contribution in [3.63, 3.8) is 0 Å². The molecule has 1 rings (SSSR count). The van der Waals surface area contributed by atoms with E-state index in [0.29, 0.717) is 0 Å². The Balaban J connectivity index is 2.29. The van der Waals surface area contributed by atoms with E-state index < -0.39 is 0 Å². The molecule has 1 heterocycles. The Morgan fingerprint density at radius 3 is 3.00 bits per heavy atom. The van der Waals surface area contributed by atoms with Crippen LogP contribution in [0.2, 0.25) is 0 Å². The first-order valence-electron chi connectivity index (χ1n) is 3.89. The topological polar surface area (TPSA) is 29.3 Å². The van der Waals surface area contributed by atoms with Gasteiger partial charge in [-0.25, -0.2) is 0 Å². The van der Waals surface area contributed by atoms with Gasteiger partial charge in [0.15, 0.2) is 0 Å². The maximum absolute atomic E-state index is 5.38. The minimum absolute atomic E-state index is 0.785. The van der Waals surface area contributed by atoms with Crippen molar-refractivity contribution in [2.45, 2.75) is 12.8 Å². The number of likely N-dealkylation sites (tertiary alicyclic amines) is 1. The molecule has 0 aromatic carbocycles. The van der Waals surface area contributed by atoms with Crippen molar-refractivity contribution < 1.29 is 0 Å². The van der Waals surface area contributed by atoms with Gasteiger partial charge in [-0.2, -0.15) is 0 Å². The zero-order valence-corrected chi connectivity index (χ0v) is 6.64. The summed E-state index contributed by atoms with van der Waals surface area (Å²) in [6.45, 7) is 3.16. The third-order valence-electron chi connectivity index (χ3n) is 1.89. The van der Waals surface area contributed by atoms with Crippen molar-refractivity contribution in [3.05, 3.63) is 11.6 Å². The van der Waals surface area contributed by atoms with Crippen LogP contribution in [0.3, 0.4) is 0 Å². The molecule has 1 saturated heterocycles. The molecule has 1 aliphatic heterocycles. The van der Waals surface area contributed by atoms with Crippen molar-refractivity contribution in [1.29, 1.82) is 0 Å². The van der Waals surface area contributed by atoms with Crippen LogP contribution in [0.1, 0.15) is 12.8 Å². The van der Waals surface area contributed by atoms with Crippen LogP contribution in [-0.2, 0) is 0 Å². The Morgan fingerprint density at radius 1 is 1.70 bits per heavy atom. The summed E-state index contributed by atoms with van der Waals surface area (Å²) >= 11 is 0. The van der Waals surface area contributed by atoms with Crippen molar-refractivity contribution in [3.8, 4) is 0 Å². The van der Waals surface area contributed by atoms with Crippen LogP contribution < -0.4 is 5.73 Å². The molecule has 1 fully saturated rings. The van der Waals surface area contributed by atoms with E-state index in [0.717, 1.165) is 19.5 Å². The van der Waals surface area contributed by atoms with E-state index in [2.05, 4.69) is 18.0 Å². The highest BCUT2D eigenvalue weighted by molar-refractivity contribution is 5.08. The Hall–Kier alpha value is -0.340. The summed E-state index contributed by atoms with van der Waals surface area (Å²) in [5.74, 6) is 0. The summed E-state index contributed by atoms with van der Waals surface area (Å²) in [6.07, 6.45) is 4.57. The fourth-order valence-corrected chi connectivity index (χ4v) is 1.29. The summed E-state index contributed by atoms with van der Waals surface area (Å²) < 4.78 is 0. The maximum Gasteiger partial charge on any atom is 0.0190 e. The van der Waals surface area contributed by atoms with E-state index in [9.17, 15) is 0 Å². The van der Waals surface area contributed by atoms with Crippen LogP contribution in [-0.4, -0.2) is 31.6 Å². The minimum atomic E-state index is 0.785. The second kappa shape index (κ2) is 3.74. The summed E-state index contributed by atoms with van der Waals surface area (Å²) in [6, 6.07) is 0. The predicted molar refractivity (Wildman–Crippen MR) is 43.9 cm³/mol. The zero-order valence-electron chi connectivity index (χ0n) is 6.64. The summed E-state index contributed by atoms with van der Waals surface area (Å²) in [5.41, 5.74) is 6.95. The molecule has 0 bridgehead atoms. The van der Waals surface area contributed by atoms with Gasteiger partial charge in [0, 0.05) is 13.1 Å². The van der Waals surface area contributed by atoms with Gasteiger partial charge in [-0.15, -0.1) is 0 Å². The average Bonchev–Trinajstić information content (AvgIpc) is 2.31. The van der Waals surface area contributed by atoms with Crippen LogP contribution >= 0.6 is 0 Å². The first kappa shape index (κ1) is 7.76. The Morgan fingerprint density at radius 2 is 2.50 bits per heavy atom. The van der Waals surface area contributed by atoms with Gasteiger partial charge in [0.2, 0.25) is 0 Å². The second-order valence-electron chi connectivity index (χ2n) is 2.93. The van der Waals surface area contributed by atoms with Crippen molar-refractivity contribution in [2.24, 2.45) is 5.73 Å². The van der Waals surface area contributed by atoms with E-state index in [1.807, 2.05) is 0 Å². The first-order valence-corrected chi connectivity index (χ1v) is 3.89. The van der Waals surface area contributed by atoms with E-state index in [-0.39, 0.29) is 0 Å². The van der Waals surface area contributed by atoms with Crippen LogP contribution in [0, 0.1) is 0 Å². The van der Waals surface area contributed by atoms with Crippen LogP contribution in [0.4, 0.5) is 0 Å². The lowest BCUT2D eigenvalue weighted by atomic mass is 10.2. The summed E-state index contributed by atoms with van der Waals surface area (Å²) in [7, 11) is 2.16. The summed E-state index contributed by atoms with van der Waals surface area (Å²) in [4.78, 5) is 2.34. The molecule has 0 aliphatic carbocycles. The van der Waals surface area contributed by atoms with Gasteiger partial charge in [-0.1, -0.05) is 11.6 Å². The quantitative estimate of drug-likeness (QED) is 0.569. The van der Waals surface area contributed by atoms with E-state index in [1.165, 1.54) is 13.0 Å². The lowest BCUT2D eigenvalue weighted by molar-refractivity contribution is 0.425. The monoisotopic (exact) mass is 140 g/mol. The molecule has 0 saturated carbocycles. The van der Waals surface area contributed by atoms with Gasteiger partial charge in [0.1, 0.15) is 0 Å². The molecular formula is C8H16N2. The Kier molecular flexibility index (Phi) is 2.90. The van der Waals surface area contributed by atoms with Crippen LogP contribution in [0.5, 0.6) is 0 Å². The van der Waals surface area contributed by atoms with Gasteiger partial charge < -0.3 is 10.6 Å². The van der Waals surface area contributed by atoms with E-state index in [1.54, 1.807) is 5.57 Å². The first-order chi connectivity index (χ1) is 4.83. The zero-order chi connectivity index (χ0) is 7.40. The normalized spacial score (nSPS) is 24.4. The molecule has 1 aliphatic rings. The van der Waals surface area contributed by atoms with Crippen LogP contribution in [0.15, 0.2) is 11.6 Å². The molecule has 2 heteroatoms. The number of rotatable bonds is 2. The molecule has 0 atom stereocenters. The van der Waals surface area contributed by atoms with Gasteiger partial charge >= 0.3 is 0 Å². The Labute approximate surface area is 62.7 Å². The average molecular weight is 140 g/mol. The third-order valence-corrected chi connectivity index (χ3v) is 1.89. The van der Waals surface area contributed by atoms with Gasteiger partial charge in [-0.05, 0) is 26.4 Å². The molecule has 10 heavy (non-hydrogen) atoms. The lowest BCUT2D eigenvalue weighted by Gasteiger charge is -2.02. The number of hydrogen-bond donors (Lipinski definition) is 1. The molecular weight excluding hydrogens is 124 g/mol. The maximum atomic E-state index is 5.38.